The summed E-state index contributed by atoms with van der Waals surface area (Å²) in [5.74, 6) is 0. The van der Waals surface area contributed by atoms with E-state index in [0.717, 1.165) is 11.3 Å². The predicted octanol–water partition coefficient (Wildman–Crippen LogP) is 5.53. The van der Waals surface area contributed by atoms with Crippen LogP contribution in [-0.4, -0.2) is 0 Å². The molecule has 0 aliphatic heterocycles. The molecule has 0 fully saturated rings. The highest BCUT2D eigenvalue weighted by Crippen LogP contribution is 2.29. The summed E-state index contributed by atoms with van der Waals surface area (Å²) in [7, 11) is 0. The summed E-state index contributed by atoms with van der Waals surface area (Å²) in [6.45, 7) is 15.2. The van der Waals surface area contributed by atoms with Crippen molar-refractivity contribution < 1.29 is 0 Å². The molecule has 0 unspecified atom stereocenters. The number of rotatable bonds is 4. The van der Waals surface area contributed by atoms with Crippen LogP contribution in [0.3, 0.4) is 0 Å². The second-order valence-corrected chi connectivity index (χ2v) is 8.88. The van der Waals surface area contributed by atoms with Gasteiger partial charge in [0.05, 0.1) is 5.54 Å². The van der Waals surface area contributed by atoms with Crippen molar-refractivity contribution in [1.29, 1.82) is 0 Å². The Bertz CT molecular complexity index is 666. The Morgan fingerprint density at radius 2 is 1.04 bits per heavy atom. The molecular formula is C22H32N2. The molecule has 3 N–H and O–H groups in total. The molecule has 2 heteroatoms. The minimum atomic E-state index is -0.307. The molecule has 0 aliphatic rings. The smallest absolute Gasteiger partial charge is 0.0569 e. The number of nitrogens with two attached hydrogens (primary N) is 1. The molecule has 2 aromatic rings. The summed E-state index contributed by atoms with van der Waals surface area (Å²) in [4.78, 5) is 0. The topological polar surface area (TPSA) is 38.0 Å². The first-order chi connectivity index (χ1) is 10.9. The van der Waals surface area contributed by atoms with Crippen LogP contribution in [0, 0.1) is 0 Å². The predicted molar refractivity (Wildman–Crippen MR) is 105 cm³/mol. The van der Waals surface area contributed by atoms with Gasteiger partial charge in [-0.1, -0.05) is 57.2 Å². The summed E-state index contributed by atoms with van der Waals surface area (Å²) in [6, 6.07) is 17.3. The molecule has 0 aliphatic carbocycles. The van der Waals surface area contributed by atoms with Gasteiger partial charge in [0.1, 0.15) is 0 Å². The maximum Gasteiger partial charge on any atom is 0.0569 e. The maximum atomic E-state index is 6.17. The van der Waals surface area contributed by atoms with Gasteiger partial charge in [0, 0.05) is 11.2 Å². The molecule has 0 amide bonds. The lowest BCUT2D eigenvalue weighted by Gasteiger charge is -2.30. The van der Waals surface area contributed by atoms with Crippen LogP contribution in [0.2, 0.25) is 0 Å². The van der Waals surface area contributed by atoms with Crippen molar-refractivity contribution in [2.24, 2.45) is 5.73 Å². The molecule has 2 rings (SSSR count). The average molecular weight is 325 g/mol. The van der Waals surface area contributed by atoms with Gasteiger partial charge in [0.25, 0.3) is 0 Å². The summed E-state index contributed by atoms with van der Waals surface area (Å²) in [5.41, 5.74) is 10.8. The van der Waals surface area contributed by atoms with Crippen LogP contribution in [0.1, 0.15) is 65.2 Å². The molecule has 0 bridgehead atoms. The zero-order chi connectivity index (χ0) is 18.2. The fraction of sp³-hybridized carbons (Fsp3) is 0.455. The van der Waals surface area contributed by atoms with Crippen molar-refractivity contribution in [2.45, 2.75) is 65.0 Å². The molecule has 0 radical (unpaired) electrons. The van der Waals surface area contributed by atoms with Crippen molar-refractivity contribution in [3.63, 3.8) is 0 Å². The first kappa shape index (κ1) is 18.5. The van der Waals surface area contributed by atoms with E-state index in [0.29, 0.717) is 0 Å². The van der Waals surface area contributed by atoms with Gasteiger partial charge in [0.15, 0.2) is 0 Å². The third-order valence-corrected chi connectivity index (χ3v) is 4.56. The summed E-state index contributed by atoms with van der Waals surface area (Å²) in [5, 5.41) is 3.64. The Morgan fingerprint density at radius 3 is 1.46 bits per heavy atom. The SMILES string of the molecule is CC(C)(C)c1ccc(NC(C)(C)c2ccc(C(C)(C)N)cc2)cc1. The first-order valence-electron chi connectivity index (χ1n) is 8.68. The van der Waals surface area contributed by atoms with Gasteiger partial charge >= 0.3 is 0 Å². The van der Waals surface area contributed by atoms with Gasteiger partial charge in [0.2, 0.25) is 0 Å². The molecule has 0 saturated heterocycles. The summed E-state index contributed by atoms with van der Waals surface area (Å²) in [6.07, 6.45) is 0. The quantitative estimate of drug-likeness (QED) is 0.776. The number of hydrogen-bond donors (Lipinski definition) is 2. The van der Waals surface area contributed by atoms with E-state index in [1.165, 1.54) is 11.1 Å². The van der Waals surface area contributed by atoms with Crippen LogP contribution in [-0.2, 0) is 16.5 Å². The fourth-order valence-electron chi connectivity index (χ4n) is 2.80. The van der Waals surface area contributed by atoms with Crippen LogP contribution in [0.4, 0.5) is 5.69 Å². The highest BCUT2D eigenvalue weighted by atomic mass is 15.0. The van der Waals surface area contributed by atoms with Crippen LogP contribution in [0.5, 0.6) is 0 Å². The van der Waals surface area contributed by atoms with Crippen LogP contribution < -0.4 is 11.1 Å². The summed E-state index contributed by atoms with van der Waals surface area (Å²) >= 11 is 0. The lowest BCUT2D eigenvalue weighted by molar-refractivity contribution is 0.552. The Kier molecular flexibility index (Phi) is 4.83. The van der Waals surface area contributed by atoms with Crippen molar-refractivity contribution in [3.05, 3.63) is 65.2 Å². The van der Waals surface area contributed by atoms with Crippen LogP contribution in [0.15, 0.2) is 48.5 Å². The molecule has 0 aromatic heterocycles. The van der Waals surface area contributed by atoms with E-state index in [4.69, 9.17) is 5.73 Å². The Hall–Kier alpha value is -1.80. The molecule has 2 nitrogen and oxygen atoms in total. The highest BCUT2D eigenvalue weighted by molar-refractivity contribution is 5.49. The molecule has 0 heterocycles. The lowest BCUT2D eigenvalue weighted by Crippen LogP contribution is -2.30. The third kappa shape index (κ3) is 4.39. The number of nitrogens with one attached hydrogen (secondary N) is 1. The standard InChI is InChI=1S/C22H32N2/c1-20(2,3)16-12-14-19(15-13-16)24-22(6,7)18-10-8-17(9-11-18)21(4,5)23/h8-15,24H,23H2,1-7H3. The van der Waals surface area contributed by atoms with Gasteiger partial charge in [-0.3, -0.25) is 0 Å². The van der Waals surface area contributed by atoms with E-state index in [1.54, 1.807) is 0 Å². The number of anilines is 1. The maximum absolute atomic E-state index is 6.17. The monoisotopic (exact) mass is 324 g/mol. The Morgan fingerprint density at radius 1 is 0.625 bits per heavy atom. The molecule has 2 aromatic carbocycles. The fourth-order valence-corrected chi connectivity index (χ4v) is 2.80. The molecule has 130 valence electrons. The van der Waals surface area contributed by atoms with E-state index in [1.807, 2.05) is 13.8 Å². The van der Waals surface area contributed by atoms with Crippen molar-refractivity contribution in [1.82, 2.24) is 0 Å². The Labute approximate surface area is 147 Å². The zero-order valence-electron chi connectivity index (χ0n) is 16.2. The zero-order valence-corrected chi connectivity index (χ0v) is 16.2. The van der Waals surface area contributed by atoms with Gasteiger partial charge < -0.3 is 11.1 Å². The molecule has 24 heavy (non-hydrogen) atoms. The minimum absolute atomic E-state index is 0.152. The molecule has 0 saturated carbocycles. The molecule has 0 atom stereocenters. The van der Waals surface area contributed by atoms with Gasteiger partial charge in [-0.2, -0.15) is 0 Å². The molecular weight excluding hydrogens is 292 g/mol. The highest BCUT2D eigenvalue weighted by Gasteiger charge is 2.22. The lowest BCUT2D eigenvalue weighted by atomic mass is 9.86. The normalized spacial score (nSPS) is 13.0. The van der Waals surface area contributed by atoms with Gasteiger partial charge in [-0.15, -0.1) is 0 Å². The van der Waals surface area contributed by atoms with E-state index in [2.05, 4.69) is 88.5 Å². The van der Waals surface area contributed by atoms with Crippen molar-refractivity contribution >= 4 is 5.69 Å². The van der Waals surface area contributed by atoms with Crippen LogP contribution >= 0.6 is 0 Å². The van der Waals surface area contributed by atoms with Crippen LogP contribution in [0.25, 0.3) is 0 Å². The van der Waals surface area contributed by atoms with Crippen molar-refractivity contribution in [3.8, 4) is 0 Å². The van der Waals surface area contributed by atoms with E-state index in [9.17, 15) is 0 Å². The molecule has 0 spiro atoms. The second-order valence-electron chi connectivity index (χ2n) is 8.88. The first-order valence-corrected chi connectivity index (χ1v) is 8.68. The average Bonchev–Trinajstić information content (AvgIpc) is 2.46. The second kappa shape index (κ2) is 6.25. The third-order valence-electron chi connectivity index (χ3n) is 4.56. The number of benzene rings is 2. The van der Waals surface area contributed by atoms with E-state index in [-0.39, 0.29) is 16.5 Å². The number of hydrogen-bond acceptors (Lipinski definition) is 2. The Balaban J connectivity index is 2.18. The van der Waals surface area contributed by atoms with Gasteiger partial charge in [-0.05, 0) is 61.9 Å². The van der Waals surface area contributed by atoms with E-state index < -0.39 is 0 Å². The minimum Gasteiger partial charge on any atom is -0.376 e. The van der Waals surface area contributed by atoms with Gasteiger partial charge in [-0.25, -0.2) is 0 Å². The van der Waals surface area contributed by atoms with Crippen molar-refractivity contribution in [2.75, 3.05) is 5.32 Å². The summed E-state index contributed by atoms with van der Waals surface area (Å²) < 4.78 is 0. The van der Waals surface area contributed by atoms with E-state index >= 15 is 0 Å². The largest absolute Gasteiger partial charge is 0.376 e.